The normalized spacial score (nSPS) is 23.9. The summed E-state index contributed by atoms with van der Waals surface area (Å²) in [7, 11) is 1.70. The molecule has 15 nitrogen and oxygen atoms in total. The Morgan fingerprint density at radius 2 is 2.00 bits per heavy atom. The maximum Gasteiger partial charge on any atom is 0.509 e. The summed E-state index contributed by atoms with van der Waals surface area (Å²) < 4.78 is 22.7. The van der Waals surface area contributed by atoms with Crippen LogP contribution in [0.1, 0.15) is 25.5 Å². The Kier molecular flexibility index (Phi) is 11.1. The lowest BCUT2D eigenvalue weighted by Gasteiger charge is -2.50. The molecular weight excluding hydrogens is 638 g/mol. The molecule has 1 aromatic heterocycles. The second-order valence-electron chi connectivity index (χ2n) is 10.1. The number of esters is 2. The molecule has 3 aliphatic heterocycles. The number of hydrogen-bond acceptors (Lipinski definition) is 15. The predicted molar refractivity (Wildman–Crippen MR) is 159 cm³/mol. The Hall–Kier alpha value is -3.38. The maximum atomic E-state index is 13.5. The van der Waals surface area contributed by atoms with Crippen molar-refractivity contribution in [3.63, 3.8) is 0 Å². The lowest BCUT2D eigenvalue weighted by molar-refractivity contribution is -0.154. The van der Waals surface area contributed by atoms with Gasteiger partial charge in [-0.15, -0.1) is 29.3 Å². The molecule has 4 heterocycles. The van der Waals surface area contributed by atoms with Crippen LogP contribution in [0.15, 0.2) is 46.8 Å². The number of aryl methyl sites for hydroxylation is 1. The van der Waals surface area contributed by atoms with Crippen molar-refractivity contribution in [1.29, 1.82) is 0 Å². The zero-order valence-electron chi connectivity index (χ0n) is 24.0. The molecule has 0 aliphatic carbocycles. The van der Waals surface area contributed by atoms with Gasteiger partial charge in [0, 0.05) is 25.1 Å². The lowest BCUT2D eigenvalue weighted by Crippen LogP contribution is -2.70. The van der Waals surface area contributed by atoms with Crippen LogP contribution in [0.4, 0.5) is 4.79 Å². The molecule has 3 aliphatic rings. The molecule has 6 atom stereocenters. The van der Waals surface area contributed by atoms with Gasteiger partial charge < -0.3 is 24.7 Å². The lowest BCUT2D eigenvalue weighted by atomic mass is 10.0. The van der Waals surface area contributed by atoms with Crippen LogP contribution in [0.5, 0.6) is 0 Å². The fourth-order valence-electron chi connectivity index (χ4n) is 4.58. The number of carbonyl (C=O) groups is 4. The first-order valence-electron chi connectivity index (χ1n) is 13.4. The number of β-lactam (4-membered cyclic amide) rings is 1. The number of nitrogens with one attached hydrogen (secondary N) is 1. The highest BCUT2D eigenvalue weighted by atomic mass is 35.5. The van der Waals surface area contributed by atoms with E-state index in [-0.39, 0.29) is 37.2 Å². The smallest absolute Gasteiger partial charge is 0.457 e. The Morgan fingerprint density at radius 1 is 1.25 bits per heavy atom. The van der Waals surface area contributed by atoms with Crippen LogP contribution in [0.2, 0.25) is 0 Å². The summed E-state index contributed by atoms with van der Waals surface area (Å²) >= 11 is 2.81. The Bertz CT molecular complexity index is 1410. The van der Waals surface area contributed by atoms with E-state index < -0.39 is 53.9 Å². The van der Waals surface area contributed by atoms with E-state index in [1.54, 1.807) is 14.0 Å². The van der Waals surface area contributed by atoms with Gasteiger partial charge in [-0.05, 0) is 35.4 Å². The van der Waals surface area contributed by atoms with Crippen LogP contribution in [-0.4, -0.2) is 103 Å². The number of benzene rings is 1. The topological polar surface area (TPSA) is 190 Å². The van der Waals surface area contributed by atoms with Gasteiger partial charge in [0.15, 0.2) is 6.10 Å². The Balaban J connectivity index is 0.00000442. The van der Waals surface area contributed by atoms with Gasteiger partial charge in [-0.1, -0.05) is 42.1 Å². The molecule has 2 fully saturated rings. The number of thioether (sulfide) groups is 2. The molecule has 1 aromatic carbocycles. The van der Waals surface area contributed by atoms with Crippen molar-refractivity contribution in [2.75, 3.05) is 24.7 Å². The van der Waals surface area contributed by atoms with Gasteiger partial charge in [-0.3, -0.25) is 19.8 Å². The molecule has 5 rings (SSSR count). The van der Waals surface area contributed by atoms with Gasteiger partial charge >= 0.3 is 18.1 Å². The fraction of sp³-hybridized carbons (Fsp3) is 0.500. The van der Waals surface area contributed by atoms with Crippen LogP contribution in [0.3, 0.4) is 0 Å². The molecule has 18 heteroatoms. The predicted octanol–water partition coefficient (Wildman–Crippen LogP) is 0.950. The van der Waals surface area contributed by atoms with Crippen molar-refractivity contribution in [3.8, 4) is 0 Å². The van der Waals surface area contributed by atoms with Gasteiger partial charge in [0.2, 0.25) is 11.1 Å². The number of ether oxygens (including phenoxy) is 4. The molecule has 0 bridgehead atoms. The Morgan fingerprint density at radius 3 is 2.64 bits per heavy atom. The number of tetrazole rings is 1. The van der Waals surface area contributed by atoms with E-state index in [0.717, 1.165) is 5.56 Å². The van der Waals surface area contributed by atoms with Crippen LogP contribution in [0, 0.1) is 0 Å². The Labute approximate surface area is 267 Å². The number of carbonyl (C=O) groups excluding carboxylic acids is 4. The van der Waals surface area contributed by atoms with Gasteiger partial charge in [-0.2, -0.15) is 0 Å². The van der Waals surface area contributed by atoms with Crippen LogP contribution in [-0.2, 0) is 40.4 Å². The number of hydrogen-bond donors (Lipinski definition) is 2. The highest BCUT2D eigenvalue weighted by Crippen LogP contribution is 2.42. The van der Waals surface area contributed by atoms with Crippen molar-refractivity contribution in [3.05, 3.63) is 47.2 Å². The van der Waals surface area contributed by atoms with E-state index in [0.29, 0.717) is 22.2 Å². The van der Waals surface area contributed by atoms with Gasteiger partial charge in [-0.25, -0.2) is 14.3 Å². The SMILES string of the molecule is CC1OC(=O)OC1COC(=O)C1=C(CSc2nnnn2C)CS[C@H]2C(NCC(OC(=O)[C@H](C)N)c3ccccc3)C(=O)N12.Cl. The van der Waals surface area contributed by atoms with Crippen LogP contribution >= 0.6 is 35.9 Å². The highest BCUT2D eigenvalue weighted by Gasteiger charge is 2.54. The minimum Gasteiger partial charge on any atom is -0.457 e. The second-order valence-corrected chi connectivity index (χ2v) is 12.1. The molecule has 3 N–H and O–H groups in total. The molecule has 4 unspecified atom stereocenters. The number of rotatable bonds is 12. The number of halogens is 1. The minimum atomic E-state index is -0.830. The summed E-state index contributed by atoms with van der Waals surface area (Å²) in [6.45, 7) is 3.10. The minimum absolute atomic E-state index is 0. The number of aromatic nitrogens is 4. The third kappa shape index (κ3) is 7.28. The van der Waals surface area contributed by atoms with Crippen molar-refractivity contribution < 1.29 is 38.1 Å². The first kappa shape index (κ1) is 33.5. The van der Waals surface area contributed by atoms with Crippen molar-refractivity contribution in [1.82, 2.24) is 30.4 Å². The molecule has 0 radical (unpaired) electrons. The molecule has 238 valence electrons. The van der Waals surface area contributed by atoms with E-state index in [2.05, 4.69) is 20.8 Å². The fourth-order valence-corrected chi connectivity index (χ4v) is 6.94. The zero-order chi connectivity index (χ0) is 30.7. The molecule has 0 saturated carbocycles. The number of cyclic esters (lactones) is 2. The average molecular weight is 670 g/mol. The van der Waals surface area contributed by atoms with Crippen molar-refractivity contribution in [2.45, 2.75) is 54.8 Å². The standard InChI is InChI=1S/C26H31N7O8S2.ClH/c1-13(27)23(35)40-17(15-7-5-4-6-8-15)9-28-19-21(34)33-20(24(36)38-10-18-14(2)39-26(37)41-18)16(11-42-22(19)33)12-43-25-29-30-31-32(25)3;/h4-8,13-14,17-19,22,28H,9-12,27H2,1-3H3;1H/t13-,14?,17?,18?,19?,22-;/m0./s1. The molecule has 2 aromatic rings. The third-order valence-electron chi connectivity index (χ3n) is 6.95. The van der Waals surface area contributed by atoms with Gasteiger partial charge in [0.05, 0.1) is 0 Å². The zero-order valence-corrected chi connectivity index (χ0v) is 26.4. The first-order chi connectivity index (χ1) is 20.6. The first-order valence-corrected chi connectivity index (χ1v) is 15.5. The van der Waals surface area contributed by atoms with E-state index in [1.165, 1.54) is 40.0 Å². The summed E-state index contributed by atoms with van der Waals surface area (Å²) in [5, 5.41) is 14.8. The molecule has 44 heavy (non-hydrogen) atoms. The van der Waals surface area contributed by atoms with Crippen molar-refractivity contribution >= 4 is 59.9 Å². The maximum absolute atomic E-state index is 13.5. The van der Waals surface area contributed by atoms with E-state index in [9.17, 15) is 19.2 Å². The van der Waals surface area contributed by atoms with Crippen molar-refractivity contribution in [2.24, 2.45) is 12.8 Å². The monoisotopic (exact) mass is 669 g/mol. The average Bonchev–Trinajstić information content (AvgIpc) is 3.56. The molecule has 0 spiro atoms. The summed E-state index contributed by atoms with van der Waals surface area (Å²) in [5.41, 5.74) is 7.27. The largest absolute Gasteiger partial charge is 0.509 e. The number of fused-ring (bicyclic) bond motifs is 1. The second kappa shape index (κ2) is 14.6. The van der Waals surface area contributed by atoms with Gasteiger partial charge in [0.25, 0.3) is 0 Å². The summed E-state index contributed by atoms with van der Waals surface area (Å²) in [5.74, 6) is -0.838. The quantitative estimate of drug-likeness (QED) is 0.140. The van der Waals surface area contributed by atoms with E-state index in [4.69, 9.17) is 24.7 Å². The molecule has 2 saturated heterocycles. The number of nitrogens with two attached hydrogens (primary N) is 1. The summed E-state index contributed by atoms with van der Waals surface area (Å²) in [4.78, 5) is 52.2. The third-order valence-corrected chi connectivity index (χ3v) is 9.39. The molecule has 1 amide bonds. The van der Waals surface area contributed by atoms with E-state index in [1.807, 2.05) is 30.3 Å². The van der Waals surface area contributed by atoms with Crippen LogP contribution in [0.25, 0.3) is 0 Å². The number of nitrogens with zero attached hydrogens (tertiary/aromatic N) is 5. The van der Waals surface area contributed by atoms with E-state index >= 15 is 0 Å². The van der Waals surface area contributed by atoms with Crippen LogP contribution < -0.4 is 11.1 Å². The highest BCUT2D eigenvalue weighted by molar-refractivity contribution is 8.01. The molecular formula is C26H32ClN7O8S2. The summed E-state index contributed by atoms with van der Waals surface area (Å²) in [6, 6.07) is 7.70. The van der Waals surface area contributed by atoms with Gasteiger partial charge in [0.1, 0.15) is 42.0 Å². The number of amides is 1. The summed E-state index contributed by atoms with van der Waals surface area (Å²) in [6.07, 6.45) is -2.86.